The average Bonchev–Trinajstić information content (AvgIpc) is 3.14. The molecule has 1 fully saturated rings. The van der Waals surface area contributed by atoms with Crippen molar-refractivity contribution in [3.05, 3.63) is 24.3 Å². The van der Waals surface area contributed by atoms with Crippen molar-refractivity contribution in [2.24, 2.45) is 0 Å². The molecular weight excluding hydrogens is 332 g/mol. The number of anilines is 1. The maximum absolute atomic E-state index is 12.4. The first-order chi connectivity index (χ1) is 11.2. The number of rotatable bonds is 5. The summed E-state index contributed by atoms with van der Waals surface area (Å²) in [6.45, 7) is 1.85. The van der Waals surface area contributed by atoms with Crippen LogP contribution in [0.15, 0.2) is 29.4 Å². The molecule has 1 aromatic carbocycles. The van der Waals surface area contributed by atoms with Gasteiger partial charge in [0.1, 0.15) is 0 Å². The molecule has 1 N–H and O–H groups in total. The van der Waals surface area contributed by atoms with E-state index in [1.54, 1.807) is 0 Å². The van der Waals surface area contributed by atoms with Gasteiger partial charge < -0.3 is 5.32 Å². The predicted molar refractivity (Wildman–Crippen MR) is 89.7 cm³/mol. The first-order valence-corrected chi connectivity index (χ1v) is 9.01. The third-order valence-electron chi connectivity index (χ3n) is 3.53. The first kappa shape index (κ1) is 14.6. The summed E-state index contributed by atoms with van der Waals surface area (Å²) in [6, 6.07) is 8.22. The Bertz CT molecular complexity index is 823. The summed E-state index contributed by atoms with van der Waals surface area (Å²) in [6.07, 6.45) is 2.20. The van der Waals surface area contributed by atoms with Crippen molar-refractivity contribution in [2.75, 3.05) is 5.32 Å². The largest absolute Gasteiger partial charge is 0.301 e. The molecule has 0 aliphatic heterocycles. The minimum atomic E-state index is -0.300. The van der Waals surface area contributed by atoms with E-state index in [9.17, 15) is 4.79 Å². The number of fused-ring (bicyclic) bond motifs is 1. The highest BCUT2D eigenvalue weighted by Gasteiger charge is 2.29. The second kappa shape index (κ2) is 5.89. The fraction of sp³-hybridized carbons (Fsp3) is 0.357. The van der Waals surface area contributed by atoms with E-state index in [1.165, 1.54) is 23.1 Å². The molecule has 0 bridgehead atoms. The molecule has 0 saturated heterocycles. The summed E-state index contributed by atoms with van der Waals surface area (Å²) in [5.74, 6) is -0.0978. The normalized spacial score (nSPS) is 15.7. The molecule has 1 saturated carbocycles. The Morgan fingerprint density at radius 2 is 2.26 bits per heavy atom. The standard InChI is InChI=1S/C14H14N6OS2/c1-8(22-14-17-18-19-20(14)9-6-7-9)12(21)16-13-15-10-4-2-3-5-11(10)23-13/h2-5,8-9H,6-7H2,1H3,(H,15,16,21). The average molecular weight is 346 g/mol. The van der Waals surface area contributed by atoms with Gasteiger partial charge in [0.25, 0.3) is 0 Å². The van der Waals surface area contributed by atoms with E-state index >= 15 is 0 Å². The zero-order valence-corrected chi connectivity index (χ0v) is 14.0. The van der Waals surface area contributed by atoms with Gasteiger partial charge in [0.2, 0.25) is 11.1 Å². The maximum Gasteiger partial charge on any atom is 0.239 e. The molecule has 7 nitrogen and oxygen atoms in total. The molecule has 0 spiro atoms. The van der Waals surface area contributed by atoms with Gasteiger partial charge in [-0.3, -0.25) is 4.79 Å². The molecule has 1 unspecified atom stereocenters. The first-order valence-electron chi connectivity index (χ1n) is 7.31. The van der Waals surface area contributed by atoms with Crippen molar-refractivity contribution in [2.45, 2.75) is 36.2 Å². The molecule has 118 valence electrons. The topological polar surface area (TPSA) is 85.6 Å². The molecule has 23 heavy (non-hydrogen) atoms. The summed E-state index contributed by atoms with van der Waals surface area (Å²) in [5.41, 5.74) is 0.894. The van der Waals surface area contributed by atoms with Gasteiger partial charge in [-0.25, -0.2) is 9.67 Å². The van der Waals surface area contributed by atoms with E-state index in [2.05, 4.69) is 25.8 Å². The highest BCUT2D eigenvalue weighted by molar-refractivity contribution is 8.00. The minimum absolute atomic E-state index is 0.0978. The van der Waals surface area contributed by atoms with Crippen LogP contribution < -0.4 is 5.32 Å². The fourth-order valence-electron chi connectivity index (χ4n) is 2.16. The summed E-state index contributed by atoms with van der Waals surface area (Å²) in [7, 11) is 0. The number of aromatic nitrogens is 5. The lowest BCUT2D eigenvalue weighted by Crippen LogP contribution is -2.22. The smallest absolute Gasteiger partial charge is 0.239 e. The van der Waals surface area contributed by atoms with Crippen LogP contribution in [0.2, 0.25) is 0 Å². The van der Waals surface area contributed by atoms with Crippen molar-refractivity contribution in [3.63, 3.8) is 0 Å². The number of thiazole rings is 1. The van der Waals surface area contributed by atoms with Crippen LogP contribution in [-0.2, 0) is 4.79 Å². The number of amides is 1. The fourth-order valence-corrected chi connectivity index (χ4v) is 3.88. The van der Waals surface area contributed by atoms with Crippen LogP contribution in [0.4, 0.5) is 5.13 Å². The van der Waals surface area contributed by atoms with E-state index in [0.717, 1.165) is 23.1 Å². The van der Waals surface area contributed by atoms with Crippen molar-refractivity contribution < 1.29 is 4.79 Å². The zero-order chi connectivity index (χ0) is 15.8. The molecule has 4 rings (SSSR count). The molecule has 0 radical (unpaired) electrons. The van der Waals surface area contributed by atoms with Gasteiger partial charge in [0, 0.05) is 0 Å². The van der Waals surface area contributed by atoms with Crippen LogP contribution in [-0.4, -0.2) is 36.3 Å². The van der Waals surface area contributed by atoms with Crippen molar-refractivity contribution in [1.29, 1.82) is 0 Å². The summed E-state index contributed by atoms with van der Waals surface area (Å²) in [4.78, 5) is 16.8. The second-order valence-corrected chi connectivity index (χ2v) is 7.71. The van der Waals surface area contributed by atoms with Gasteiger partial charge in [0.15, 0.2) is 5.13 Å². The number of thioether (sulfide) groups is 1. The SMILES string of the molecule is CC(Sc1nnnn1C1CC1)C(=O)Nc1nc2ccccc2s1. The molecular formula is C14H14N6OS2. The van der Waals surface area contributed by atoms with Crippen LogP contribution in [0, 0.1) is 0 Å². The molecule has 2 aromatic heterocycles. The molecule has 2 heterocycles. The van der Waals surface area contributed by atoms with E-state index in [-0.39, 0.29) is 11.2 Å². The van der Waals surface area contributed by atoms with E-state index in [4.69, 9.17) is 0 Å². The Labute approximate surface area is 140 Å². The highest BCUT2D eigenvalue weighted by Crippen LogP contribution is 2.37. The third-order valence-corrected chi connectivity index (χ3v) is 5.53. The molecule has 1 amide bonds. The maximum atomic E-state index is 12.4. The number of nitrogens with zero attached hydrogens (tertiary/aromatic N) is 5. The zero-order valence-electron chi connectivity index (χ0n) is 12.3. The van der Waals surface area contributed by atoms with Crippen LogP contribution in [0.25, 0.3) is 10.2 Å². The number of benzene rings is 1. The van der Waals surface area contributed by atoms with E-state index < -0.39 is 0 Å². The van der Waals surface area contributed by atoms with Crippen LogP contribution in [0.3, 0.4) is 0 Å². The molecule has 1 aliphatic rings. The van der Waals surface area contributed by atoms with Gasteiger partial charge in [-0.15, -0.1) is 5.10 Å². The van der Waals surface area contributed by atoms with Gasteiger partial charge in [0.05, 0.1) is 21.5 Å². The number of tetrazole rings is 1. The Morgan fingerprint density at radius 3 is 3.04 bits per heavy atom. The summed E-state index contributed by atoms with van der Waals surface area (Å²) in [5, 5.41) is 15.6. The Balaban J connectivity index is 1.44. The monoisotopic (exact) mass is 346 g/mol. The van der Waals surface area contributed by atoms with Gasteiger partial charge in [-0.2, -0.15) is 0 Å². The lowest BCUT2D eigenvalue weighted by Gasteiger charge is -2.09. The van der Waals surface area contributed by atoms with Crippen LogP contribution in [0.5, 0.6) is 0 Å². The summed E-state index contributed by atoms with van der Waals surface area (Å²) < 4.78 is 2.87. The van der Waals surface area contributed by atoms with Crippen LogP contribution >= 0.6 is 23.1 Å². The lowest BCUT2D eigenvalue weighted by molar-refractivity contribution is -0.115. The van der Waals surface area contributed by atoms with E-state index in [1.807, 2.05) is 35.9 Å². The third kappa shape index (κ3) is 3.06. The van der Waals surface area contributed by atoms with Crippen molar-refractivity contribution in [3.8, 4) is 0 Å². The van der Waals surface area contributed by atoms with Crippen molar-refractivity contribution >= 4 is 44.4 Å². The molecule has 9 heteroatoms. The Kier molecular flexibility index (Phi) is 3.74. The molecule has 1 aliphatic carbocycles. The number of nitrogens with one attached hydrogen (secondary N) is 1. The van der Waals surface area contributed by atoms with Gasteiger partial charge in [-0.1, -0.05) is 35.2 Å². The van der Waals surface area contributed by atoms with Crippen LogP contribution in [0.1, 0.15) is 25.8 Å². The predicted octanol–water partition coefficient (Wildman–Crippen LogP) is 2.74. The number of hydrogen-bond donors (Lipinski definition) is 1. The minimum Gasteiger partial charge on any atom is -0.301 e. The molecule has 3 aromatic rings. The second-order valence-electron chi connectivity index (χ2n) is 5.37. The van der Waals surface area contributed by atoms with Gasteiger partial charge >= 0.3 is 0 Å². The molecule has 1 atom stereocenters. The Morgan fingerprint density at radius 1 is 1.43 bits per heavy atom. The number of carbonyl (C=O) groups is 1. The van der Waals surface area contributed by atoms with Crippen molar-refractivity contribution in [1.82, 2.24) is 25.2 Å². The number of para-hydroxylation sites is 1. The lowest BCUT2D eigenvalue weighted by atomic mass is 10.3. The number of carbonyl (C=O) groups excluding carboxylic acids is 1. The number of hydrogen-bond acceptors (Lipinski definition) is 7. The quantitative estimate of drug-likeness (QED) is 0.715. The van der Waals surface area contributed by atoms with E-state index in [0.29, 0.717) is 16.3 Å². The summed E-state index contributed by atoms with van der Waals surface area (Å²) >= 11 is 2.84. The highest BCUT2D eigenvalue weighted by atomic mass is 32.2. The van der Waals surface area contributed by atoms with Gasteiger partial charge in [-0.05, 0) is 42.3 Å². The Hall–Kier alpha value is -2.00.